The lowest BCUT2D eigenvalue weighted by atomic mass is 10.4. The molecular weight excluding hydrogens is 177 g/mol. The fraction of sp³-hybridized carbons (Fsp3) is 1.00. The molecule has 0 aromatic rings. The maximum atomic E-state index is 10.5. The molecule has 0 aromatic heterocycles. The lowest BCUT2D eigenvalue weighted by Gasteiger charge is -1.99. The Morgan fingerprint density at radius 2 is 2.18 bits per heavy atom. The summed E-state index contributed by atoms with van der Waals surface area (Å²) in [4.78, 5) is 17.9. The van der Waals surface area contributed by atoms with Gasteiger partial charge in [-0.25, -0.2) is 9.09 Å². The summed E-state index contributed by atoms with van der Waals surface area (Å²) >= 11 is 0. The lowest BCUT2D eigenvalue weighted by Crippen LogP contribution is -2.27. The third kappa shape index (κ3) is 1.75. The first-order valence-electron chi connectivity index (χ1n) is 2.75. The van der Waals surface area contributed by atoms with Crippen LogP contribution in [0.25, 0.3) is 0 Å². The number of phosphoric ester groups is 1. The fourth-order valence-electron chi connectivity index (χ4n) is 0.719. The molecule has 64 valence electrons. The maximum Gasteiger partial charge on any atom is 0.478 e. The van der Waals surface area contributed by atoms with E-state index in [0.717, 1.165) is 0 Å². The Labute approximate surface area is 61.7 Å². The summed E-state index contributed by atoms with van der Waals surface area (Å²) in [6.07, 6.45) is -2.52. The molecule has 0 aliphatic carbocycles. The van der Waals surface area contributed by atoms with Crippen LogP contribution in [0.2, 0.25) is 0 Å². The zero-order valence-corrected chi connectivity index (χ0v) is 6.43. The highest BCUT2D eigenvalue weighted by Crippen LogP contribution is 2.52. The van der Waals surface area contributed by atoms with Crippen molar-refractivity contribution in [2.75, 3.05) is 0 Å². The van der Waals surface area contributed by atoms with Gasteiger partial charge in [0.1, 0.15) is 0 Å². The minimum absolute atomic E-state index is 0.805. The molecule has 1 heterocycles. The molecule has 0 spiro atoms. The molecule has 11 heavy (non-hydrogen) atoms. The predicted octanol–water partition coefficient (Wildman–Crippen LogP) is 0.125. The van der Waals surface area contributed by atoms with E-state index in [1.165, 1.54) is 6.92 Å². The molecule has 3 unspecified atom stereocenters. The molecular formula is C3H6NO6P. The molecule has 7 nitrogen and oxygen atoms in total. The second-order valence-corrected chi connectivity index (χ2v) is 3.42. The van der Waals surface area contributed by atoms with Gasteiger partial charge in [-0.3, -0.25) is 14.6 Å². The summed E-state index contributed by atoms with van der Waals surface area (Å²) in [6, 6.07) is 0. The Morgan fingerprint density at radius 3 is 2.36 bits per heavy atom. The molecule has 0 amide bonds. The van der Waals surface area contributed by atoms with Crippen LogP contribution in [-0.2, 0) is 13.6 Å². The van der Waals surface area contributed by atoms with Crippen molar-refractivity contribution < 1.29 is 23.4 Å². The van der Waals surface area contributed by atoms with Gasteiger partial charge in [-0.1, -0.05) is 0 Å². The average Bonchev–Trinajstić information content (AvgIpc) is 2.05. The van der Waals surface area contributed by atoms with Gasteiger partial charge in [0.05, 0.1) is 4.92 Å². The van der Waals surface area contributed by atoms with Gasteiger partial charge in [0.2, 0.25) is 0 Å². The summed E-state index contributed by atoms with van der Waals surface area (Å²) < 4.78 is 18.9. The van der Waals surface area contributed by atoms with Gasteiger partial charge in [-0.15, -0.1) is 0 Å². The van der Waals surface area contributed by atoms with Crippen LogP contribution in [0, 0.1) is 10.1 Å². The predicted molar refractivity (Wildman–Crippen MR) is 32.2 cm³/mol. The fourth-order valence-corrected chi connectivity index (χ4v) is 1.81. The monoisotopic (exact) mass is 183 g/mol. The summed E-state index contributed by atoms with van der Waals surface area (Å²) in [5.41, 5.74) is 0. The summed E-state index contributed by atoms with van der Waals surface area (Å²) in [6.45, 7) is 1.29. The van der Waals surface area contributed by atoms with E-state index >= 15 is 0 Å². The molecule has 1 aliphatic heterocycles. The normalized spacial score (nSPS) is 44.2. The smallest absolute Gasteiger partial charge is 0.302 e. The van der Waals surface area contributed by atoms with Gasteiger partial charge in [0, 0.05) is 0 Å². The van der Waals surface area contributed by atoms with E-state index in [9.17, 15) is 14.7 Å². The van der Waals surface area contributed by atoms with E-state index in [1.807, 2.05) is 0 Å². The van der Waals surface area contributed by atoms with Crippen LogP contribution < -0.4 is 0 Å². The van der Waals surface area contributed by atoms with E-state index in [-0.39, 0.29) is 0 Å². The molecule has 1 fully saturated rings. The first-order chi connectivity index (χ1) is 4.92. The number of rotatable bonds is 1. The molecule has 1 N–H and O–H groups in total. The molecule has 1 rings (SSSR count). The third-order valence-electron chi connectivity index (χ3n) is 1.15. The van der Waals surface area contributed by atoms with E-state index in [1.54, 1.807) is 0 Å². The van der Waals surface area contributed by atoms with Crippen LogP contribution in [0.15, 0.2) is 0 Å². The van der Waals surface area contributed by atoms with E-state index < -0.39 is 25.1 Å². The number of hydrogen-bond donors (Lipinski definition) is 1. The summed E-state index contributed by atoms with van der Waals surface area (Å²) in [7, 11) is -4.15. The van der Waals surface area contributed by atoms with Crippen LogP contribution in [-0.4, -0.2) is 22.1 Å². The van der Waals surface area contributed by atoms with Crippen molar-refractivity contribution in [2.45, 2.75) is 19.3 Å². The van der Waals surface area contributed by atoms with Crippen LogP contribution in [0.1, 0.15) is 6.92 Å². The van der Waals surface area contributed by atoms with Crippen molar-refractivity contribution in [3.05, 3.63) is 10.1 Å². The number of nitrogens with zero attached hydrogens (tertiary/aromatic N) is 1. The lowest BCUT2D eigenvalue weighted by molar-refractivity contribution is -0.566. The molecule has 0 bridgehead atoms. The average molecular weight is 183 g/mol. The van der Waals surface area contributed by atoms with Gasteiger partial charge in [-0.2, -0.15) is 0 Å². The molecule has 0 saturated carbocycles. The van der Waals surface area contributed by atoms with E-state index in [4.69, 9.17) is 4.89 Å². The highest BCUT2D eigenvalue weighted by atomic mass is 31.2. The molecule has 1 aliphatic rings. The van der Waals surface area contributed by atoms with Gasteiger partial charge < -0.3 is 4.89 Å². The van der Waals surface area contributed by atoms with Crippen molar-refractivity contribution in [1.82, 2.24) is 0 Å². The van der Waals surface area contributed by atoms with Crippen LogP contribution in [0.3, 0.4) is 0 Å². The number of phosphoric acid groups is 1. The van der Waals surface area contributed by atoms with Crippen molar-refractivity contribution >= 4 is 7.82 Å². The van der Waals surface area contributed by atoms with Crippen molar-refractivity contribution in [3.8, 4) is 0 Å². The van der Waals surface area contributed by atoms with Crippen LogP contribution in [0.4, 0.5) is 0 Å². The van der Waals surface area contributed by atoms with Crippen molar-refractivity contribution in [3.63, 3.8) is 0 Å². The summed E-state index contributed by atoms with van der Waals surface area (Å²) in [5.74, 6) is 0. The topological polar surface area (TPSA) is 98.9 Å². The van der Waals surface area contributed by atoms with Gasteiger partial charge in [0.25, 0.3) is 0 Å². The van der Waals surface area contributed by atoms with Crippen molar-refractivity contribution in [2.24, 2.45) is 0 Å². The van der Waals surface area contributed by atoms with Crippen LogP contribution >= 0.6 is 7.82 Å². The maximum absolute atomic E-state index is 10.5. The highest BCUT2D eigenvalue weighted by Gasteiger charge is 2.48. The Hall–Kier alpha value is -0.490. The molecule has 0 aromatic carbocycles. The van der Waals surface area contributed by atoms with Crippen molar-refractivity contribution in [1.29, 1.82) is 0 Å². The molecule has 3 atom stereocenters. The SMILES string of the molecule is CC1OP(=O)(O)OC1[N+](=O)[O-]. The first-order valence-corrected chi connectivity index (χ1v) is 4.25. The molecule has 1 saturated heterocycles. The highest BCUT2D eigenvalue weighted by molar-refractivity contribution is 7.47. The molecule has 0 radical (unpaired) electrons. The van der Waals surface area contributed by atoms with E-state index in [2.05, 4.69) is 9.05 Å². The zero-order chi connectivity index (χ0) is 8.65. The number of nitro groups is 1. The standard InChI is InChI=1S/C3H6NO6P/c1-2-3(4(5)6)10-11(7,8)9-2/h2-3H,1H3,(H,7,8). The Kier molecular flexibility index (Phi) is 1.98. The second-order valence-electron chi connectivity index (χ2n) is 2.06. The zero-order valence-electron chi connectivity index (χ0n) is 5.54. The Bertz CT molecular complexity index is 228. The largest absolute Gasteiger partial charge is 0.478 e. The van der Waals surface area contributed by atoms with Gasteiger partial charge >= 0.3 is 14.1 Å². The second kappa shape index (κ2) is 2.53. The quantitative estimate of drug-likeness (QED) is 0.352. The first kappa shape index (κ1) is 8.61. The third-order valence-corrected chi connectivity index (χ3v) is 2.23. The Morgan fingerprint density at radius 1 is 1.64 bits per heavy atom. The van der Waals surface area contributed by atoms with Gasteiger partial charge in [0.15, 0.2) is 6.10 Å². The van der Waals surface area contributed by atoms with Gasteiger partial charge in [-0.05, 0) is 6.92 Å². The Balaban J connectivity index is 2.74. The summed E-state index contributed by atoms with van der Waals surface area (Å²) in [5, 5.41) is 10.1. The minimum atomic E-state index is -4.15. The van der Waals surface area contributed by atoms with Crippen LogP contribution in [0.5, 0.6) is 0 Å². The van der Waals surface area contributed by atoms with E-state index in [0.29, 0.717) is 0 Å². The minimum Gasteiger partial charge on any atom is -0.302 e. The molecule has 8 heteroatoms. The number of hydrogen-bond acceptors (Lipinski definition) is 5.